The van der Waals surface area contributed by atoms with Gasteiger partial charge >= 0.3 is 0 Å². The van der Waals surface area contributed by atoms with Crippen molar-refractivity contribution in [1.29, 1.82) is 0 Å². The van der Waals surface area contributed by atoms with Gasteiger partial charge in [0.2, 0.25) is 5.91 Å². The molecule has 0 aromatic carbocycles. The Bertz CT molecular complexity index is 454. The van der Waals surface area contributed by atoms with E-state index in [0.717, 1.165) is 23.9 Å². The predicted molar refractivity (Wildman–Crippen MR) is 76.5 cm³/mol. The monoisotopic (exact) mass is 281 g/mol. The highest BCUT2D eigenvalue weighted by atomic mass is 32.2. The van der Waals surface area contributed by atoms with Crippen LogP contribution in [0.2, 0.25) is 0 Å². The Morgan fingerprint density at radius 1 is 1.53 bits per heavy atom. The maximum Gasteiger partial charge on any atom is 0.246 e. The summed E-state index contributed by atoms with van der Waals surface area (Å²) in [6.07, 6.45) is 3.53. The molecule has 0 spiro atoms. The minimum atomic E-state index is -0.201. The van der Waals surface area contributed by atoms with E-state index in [1.807, 2.05) is 12.3 Å². The molecule has 1 fully saturated rings. The summed E-state index contributed by atoms with van der Waals surface area (Å²) in [6, 6.07) is 1.74. The first kappa shape index (κ1) is 14.1. The van der Waals surface area contributed by atoms with Crippen LogP contribution >= 0.6 is 11.8 Å². The van der Waals surface area contributed by atoms with E-state index in [1.54, 1.807) is 37.1 Å². The van der Waals surface area contributed by atoms with Crippen LogP contribution in [0.25, 0.3) is 0 Å². The van der Waals surface area contributed by atoms with Gasteiger partial charge < -0.3 is 15.1 Å². The summed E-state index contributed by atoms with van der Waals surface area (Å²) in [7, 11) is 3.56. The Morgan fingerprint density at radius 2 is 2.32 bits per heavy atom. The number of rotatable bonds is 3. The molecule has 1 aliphatic rings. The predicted octanol–water partition coefficient (Wildman–Crippen LogP) is 0.0649. The molecule has 1 unspecified atom stereocenters. The molecular formula is C12H19N5OS. The molecule has 1 amide bonds. The zero-order valence-electron chi connectivity index (χ0n) is 11.5. The molecule has 1 atom stereocenters. The molecule has 1 aliphatic heterocycles. The van der Waals surface area contributed by atoms with Gasteiger partial charge in [-0.2, -0.15) is 0 Å². The number of carbonyl (C=O) groups excluding carboxylic acids is 1. The highest BCUT2D eigenvalue weighted by molar-refractivity contribution is 7.98. The van der Waals surface area contributed by atoms with Gasteiger partial charge in [-0.25, -0.2) is 9.97 Å². The molecule has 0 aliphatic carbocycles. The van der Waals surface area contributed by atoms with Crippen LogP contribution < -0.4 is 10.2 Å². The van der Waals surface area contributed by atoms with Gasteiger partial charge in [-0.3, -0.25) is 4.79 Å². The first-order valence-corrected chi connectivity index (χ1v) is 7.40. The summed E-state index contributed by atoms with van der Waals surface area (Å²) in [5.74, 6) is 0.914. The Balaban J connectivity index is 2.25. The maximum absolute atomic E-state index is 12.2. The van der Waals surface area contributed by atoms with Crippen molar-refractivity contribution in [3.63, 3.8) is 0 Å². The molecule has 2 rings (SSSR count). The van der Waals surface area contributed by atoms with E-state index < -0.39 is 0 Å². The fourth-order valence-electron chi connectivity index (χ4n) is 2.10. The van der Waals surface area contributed by atoms with Gasteiger partial charge in [0.15, 0.2) is 0 Å². The lowest BCUT2D eigenvalue weighted by Crippen LogP contribution is -2.58. The molecule has 0 saturated carbocycles. The van der Waals surface area contributed by atoms with Crippen molar-refractivity contribution in [2.24, 2.45) is 0 Å². The summed E-state index contributed by atoms with van der Waals surface area (Å²) >= 11 is 1.57. The smallest absolute Gasteiger partial charge is 0.246 e. The molecule has 19 heavy (non-hydrogen) atoms. The van der Waals surface area contributed by atoms with Gasteiger partial charge in [0.05, 0.1) is 0 Å². The lowest BCUT2D eigenvalue weighted by Gasteiger charge is -2.37. The average Bonchev–Trinajstić information content (AvgIpc) is 2.46. The second-order valence-corrected chi connectivity index (χ2v) is 5.39. The van der Waals surface area contributed by atoms with Crippen molar-refractivity contribution in [3.05, 3.63) is 12.4 Å². The fourth-order valence-corrected chi connectivity index (χ4v) is 2.47. The average molecular weight is 281 g/mol. The SMILES string of the molecule is CSc1cc(N2CCNCC2C(=O)N(C)C)ncn1. The van der Waals surface area contributed by atoms with Crippen LogP contribution in [0.3, 0.4) is 0 Å². The first-order valence-electron chi connectivity index (χ1n) is 6.18. The molecule has 6 nitrogen and oxygen atoms in total. The molecular weight excluding hydrogens is 262 g/mol. The van der Waals surface area contributed by atoms with E-state index >= 15 is 0 Å². The molecule has 1 aromatic heterocycles. The van der Waals surface area contributed by atoms with Crippen molar-refractivity contribution in [2.75, 3.05) is 44.9 Å². The Hall–Kier alpha value is -1.34. The van der Waals surface area contributed by atoms with Gasteiger partial charge in [-0.1, -0.05) is 0 Å². The summed E-state index contributed by atoms with van der Waals surface area (Å²) in [6.45, 7) is 2.28. The van der Waals surface area contributed by atoms with Crippen LogP contribution in [0, 0.1) is 0 Å². The fraction of sp³-hybridized carbons (Fsp3) is 0.583. The second kappa shape index (κ2) is 6.21. The lowest BCUT2D eigenvalue weighted by molar-refractivity contribution is -0.130. The number of aromatic nitrogens is 2. The molecule has 0 radical (unpaired) electrons. The summed E-state index contributed by atoms with van der Waals surface area (Å²) in [5.41, 5.74) is 0. The van der Waals surface area contributed by atoms with Gasteiger partial charge in [-0.15, -0.1) is 11.8 Å². The van der Waals surface area contributed by atoms with Crippen molar-refractivity contribution in [2.45, 2.75) is 11.1 Å². The van der Waals surface area contributed by atoms with E-state index in [-0.39, 0.29) is 11.9 Å². The minimum absolute atomic E-state index is 0.0940. The van der Waals surface area contributed by atoms with Crippen LogP contribution in [0.5, 0.6) is 0 Å². The zero-order chi connectivity index (χ0) is 13.8. The third kappa shape index (κ3) is 3.16. The Kier molecular flexibility index (Phi) is 4.60. The number of anilines is 1. The molecule has 7 heteroatoms. The Morgan fingerprint density at radius 3 is 3.00 bits per heavy atom. The molecule has 2 heterocycles. The Labute approximate surface area is 117 Å². The van der Waals surface area contributed by atoms with Crippen LogP contribution in [0.4, 0.5) is 5.82 Å². The van der Waals surface area contributed by atoms with E-state index in [4.69, 9.17) is 0 Å². The van der Waals surface area contributed by atoms with E-state index in [0.29, 0.717) is 6.54 Å². The van der Waals surface area contributed by atoms with Gasteiger partial charge in [-0.05, 0) is 6.26 Å². The first-order chi connectivity index (χ1) is 9.13. The van der Waals surface area contributed by atoms with Gasteiger partial charge in [0, 0.05) is 39.8 Å². The van der Waals surface area contributed by atoms with Crippen molar-refractivity contribution in [3.8, 4) is 0 Å². The van der Waals surface area contributed by atoms with Crippen molar-refractivity contribution >= 4 is 23.5 Å². The summed E-state index contributed by atoms with van der Waals surface area (Å²) in [4.78, 5) is 24.4. The lowest BCUT2D eigenvalue weighted by atomic mass is 10.1. The number of thioether (sulfide) groups is 1. The number of piperazine rings is 1. The van der Waals surface area contributed by atoms with Crippen molar-refractivity contribution in [1.82, 2.24) is 20.2 Å². The highest BCUT2D eigenvalue weighted by Crippen LogP contribution is 2.20. The van der Waals surface area contributed by atoms with Crippen LogP contribution in [-0.2, 0) is 4.79 Å². The molecule has 104 valence electrons. The second-order valence-electron chi connectivity index (χ2n) is 4.56. The van der Waals surface area contributed by atoms with Crippen molar-refractivity contribution < 1.29 is 4.79 Å². The molecule has 1 saturated heterocycles. The third-order valence-electron chi connectivity index (χ3n) is 3.10. The third-order valence-corrected chi connectivity index (χ3v) is 3.74. The number of amides is 1. The van der Waals surface area contributed by atoms with E-state index in [9.17, 15) is 4.79 Å². The number of nitrogens with one attached hydrogen (secondary N) is 1. The normalized spacial score (nSPS) is 19.3. The van der Waals surface area contributed by atoms with E-state index in [2.05, 4.69) is 20.2 Å². The minimum Gasteiger partial charge on any atom is -0.347 e. The number of nitrogens with zero attached hydrogens (tertiary/aromatic N) is 4. The van der Waals surface area contributed by atoms with E-state index in [1.165, 1.54) is 0 Å². The number of hydrogen-bond acceptors (Lipinski definition) is 6. The number of likely N-dealkylation sites (N-methyl/N-ethyl adjacent to an activating group) is 1. The largest absolute Gasteiger partial charge is 0.347 e. The number of hydrogen-bond donors (Lipinski definition) is 1. The quantitative estimate of drug-likeness (QED) is 0.625. The van der Waals surface area contributed by atoms with Crippen LogP contribution in [0.1, 0.15) is 0 Å². The molecule has 1 aromatic rings. The standard InChI is InChI=1S/C12H19N5OS/c1-16(2)12(18)9-7-13-4-5-17(9)10-6-11(19-3)15-8-14-10/h6,8-9,13H,4-5,7H2,1-3H3. The molecule has 0 bridgehead atoms. The molecule has 1 N–H and O–H groups in total. The van der Waals surface area contributed by atoms with Gasteiger partial charge in [0.25, 0.3) is 0 Å². The topological polar surface area (TPSA) is 61.4 Å². The number of carbonyl (C=O) groups is 1. The zero-order valence-corrected chi connectivity index (χ0v) is 12.3. The summed E-state index contributed by atoms with van der Waals surface area (Å²) in [5, 5.41) is 4.18. The maximum atomic E-state index is 12.2. The van der Waals surface area contributed by atoms with Crippen LogP contribution in [0.15, 0.2) is 17.4 Å². The summed E-state index contributed by atoms with van der Waals surface area (Å²) < 4.78 is 0. The highest BCUT2D eigenvalue weighted by Gasteiger charge is 2.30. The van der Waals surface area contributed by atoms with Crippen LogP contribution in [-0.4, -0.2) is 66.8 Å². The van der Waals surface area contributed by atoms with Gasteiger partial charge in [0.1, 0.15) is 23.2 Å².